The number of hydrogen-bond donors (Lipinski definition) is 0. The van der Waals surface area contributed by atoms with E-state index in [1.165, 1.54) is 30.5 Å². The number of benzene rings is 1. The lowest BCUT2D eigenvalue weighted by Gasteiger charge is -2.22. The van der Waals surface area contributed by atoms with Crippen molar-refractivity contribution in [3.8, 4) is 10.6 Å². The Balaban J connectivity index is 1.90. The van der Waals surface area contributed by atoms with Gasteiger partial charge in [-0.25, -0.2) is 4.98 Å². The van der Waals surface area contributed by atoms with Crippen molar-refractivity contribution in [1.29, 1.82) is 0 Å². The Bertz CT molecular complexity index is 443. The molecule has 1 aromatic heterocycles. The molecule has 1 fully saturated rings. The molecule has 1 aromatic carbocycles. The van der Waals surface area contributed by atoms with E-state index in [0.29, 0.717) is 0 Å². The van der Waals surface area contributed by atoms with Crippen molar-refractivity contribution >= 4 is 11.3 Å². The molecule has 0 N–H and O–H groups in total. The first-order valence-electron chi connectivity index (χ1n) is 5.44. The third-order valence-electron chi connectivity index (χ3n) is 3.07. The molecule has 1 nitrogen and oxygen atoms in total. The average Bonchev–Trinajstić information content (AvgIpc) is 2.66. The number of nitrogens with zero attached hydrogens (tertiary/aromatic N) is 1. The summed E-state index contributed by atoms with van der Waals surface area (Å²) < 4.78 is 0. The number of hydrogen-bond acceptors (Lipinski definition) is 2. The molecule has 0 unspecified atom stereocenters. The van der Waals surface area contributed by atoms with E-state index in [1.807, 2.05) is 6.07 Å². The molecule has 3 rings (SSSR count). The van der Waals surface area contributed by atoms with E-state index in [-0.39, 0.29) is 0 Å². The SMILES string of the molecule is c1ccc(-c2nc(C3CCC3)cs2)cc1. The Labute approximate surface area is 93.8 Å². The topological polar surface area (TPSA) is 12.9 Å². The minimum absolute atomic E-state index is 0.749. The molecule has 1 aliphatic rings. The summed E-state index contributed by atoms with van der Waals surface area (Å²) in [7, 11) is 0. The molecule has 0 saturated heterocycles. The first kappa shape index (κ1) is 9.10. The van der Waals surface area contributed by atoms with Gasteiger partial charge in [0.15, 0.2) is 0 Å². The van der Waals surface area contributed by atoms with Crippen LogP contribution >= 0.6 is 11.3 Å². The van der Waals surface area contributed by atoms with Gasteiger partial charge in [-0.05, 0) is 12.8 Å². The fourth-order valence-corrected chi connectivity index (χ4v) is 2.80. The molecule has 1 saturated carbocycles. The second-order valence-electron chi connectivity index (χ2n) is 4.07. The molecule has 0 bridgehead atoms. The first-order chi connectivity index (χ1) is 7.43. The summed E-state index contributed by atoms with van der Waals surface area (Å²) >= 11 is 1.77. The molecule has 0 atom stereocenters. The summed E-state index contributed by atoms with van der Waals surface area (Å²) in [5.74, 6) is 0.749. The van der Waals surface area contributed by atoms with Crippen LogP contribution in [0.3, 0.4) is 0 Å². The van der Waals surface area contributed by atoms with Gasteiger partial charge in [0.05, 0.1) is 5.69 Å². The second kappa shape index (κ2) is 3.78. The predicted octanol–water partition coefficient (Wildman–Crippen LogP) is 4.08. The summed E-state index contributed by atoms with van der Waals surface area (Å²) in [5, 5.41) is 3.39. The van der Waals surface area contributed by atoms with Crippen LogP contribution in [0.15, 0.2) is 35.7 Å². The minimum Gasteiger partial charge on any atom is -0.241 e. The Morgan fingerprint density at radius 2 is 1.93 bits per heavy atom. The van der Waals surface area contributed by atoms with Gasteiger partial charge in [0, 0.05) is 16.9 Å². The lowest BCUT2D eigenvalue weighted by Crippen LogP contribution is -2.08. The zero-order valence-electron chi connectivity index (χ0n) is 8.52. The van der Waals surface area contributed by atoms with Crippen molar-refractivity contribution in [1.82, 2.24) is 4.98 Å². The maximum absolute atomic E-state index is 4.72. The maximum Gasteiger partial charge on any atom is 0.123 e. The van der Waals surface area contributed by atoms with E-state index in [0.717, 1.165) is 10.9 Å². The molecule has 0 spiro atoms. The monoisotopic (exact) mass is 215 g/mol. The van der Waals surface area contributed by atoms with Gasteiger partial charge in [-0.1, -0.05) is 36.8 Å². The molecule has 2 aromatic rings. The van der Waals surface area contributed by atoms with Crippen molar-refractivity contribution < 1.29 is 0 Å². The molecule has 76 valence electrons. The summed E-state index contributed by atoms with van der Waals surface area (Å²) in [5.41, 5.74) is 2.55. The van der Waals surface area contributed by atoms with E-state index in [4.69, 9.17) is 4.98 Å². The van der Waals surface area contributed by atoms with Crippen molar-refractivity contribution in [3.05, 3.63) is 41.4 Å². The lowest BCUT2D eigenvalue weighted by atomic mass is 9.83. The van der Waals surface area contributed by atoms with E-state index in [1.54, 1.807) is 11.3 Å². The number of aromatic nitrogens is 1. The largest absolute Gasteiger partial charge is 0.241 e. The summed E-state index contributed by atoms with van der Waals surface area (Å²) in [6, 6.07) is 10.4. The van der Waals surface area contributed by atoms with E-state index >= 15 is 0 Å². The van der Waals surface area contributed by atoms with Gasteiger partial charge >= 0.3 is 0 Å². The second-order valence-corrected chi connectivity index (χ2v) is 4.93. The van der Waals surface area contributed by atoms with Crippen LogP contribution in [0.1, 0.15) is 30.9 Å². The van der Waals surface area contributed by atoms with Crippen LogP contribution in [-0.4, -0.2) is 4.98 Å². The molecular formula is C13H13NS. The van der Waals surface area contributed by atoms with Gasteiger partial charge in [0.2, 0.25) is 0 Å². The molecule has 1 aliphatic carbocycles. The molecule has 0 amide bonds. The van der Waals surface area contributed by atoms with E-state index in [9.17, 15) is 0 Å². The average molecular weight is 215 g/mol. The van der Waals surface area contributed by atoms with Crippen LogP contribution in [-0.2, 0) is 0 Å². The zero-order chi connectivity index (χ0) is 10.1. The van der Waals surface area contributed by atoms with Gasteiger partial charge in [-0.2, -0.15) is 0 Å². The summed E-state index contributed by atoms with van der Waals surface area (Å²) in [4.78, 5) is 4.72. The molecule has 2 heteroatoms. The van der Waals surface area contributed by atoms with Crippen molar-refractivity contribution in [3.63, 3.8) is 0 Å². The molecule has 0 radical (unpaired) electrons. The number of rotatable bonds is 2. The predicted molar refractivity (Wildman–Crippen MR) is 64.1 cm³/mol. The molecular weight excluding hydrogens is 202 g/mol. The number of thiazole rings is 1. The highest BCUT2D eigenvalue weighted by Gasteiger charge is 2.22. The third-order valence-corrected chi connectivity index (χ3v) is 3.98. The highest BCUT2D eigenvalue weighted by Crippen LogP contribution is 2.38. The molecule has 1 heterocycles. The smallest absolute Gasteiger partial charge is 0.123 e. The zero-order valence-corrected chi connectivity index (χ0v) is 9.33. The van der Waals surface area contributed by atoms with Gasteiger partial charge < -0.3 is 0 Å². The van der Waals surface area contributed by atoms with Crippen molar-refractivity contribution in [2.45, 2.75) is 25.2 Å². The molecule has 0 aliphatic heterocycles. The minimum atomic E-state index is 0.749. The summed E-state index contributed by atoms with van der Waals surface area (Å²) in [6.07, 6.45) is 4.04. The Morgan fingerprint density at radius 3 is 2.60 bits per heavy atom. The fraction of sp³-hybridized carbons (Fsp3) is 0.308. The normalized spacial score (nSPS) is 16.3. The van der Waals surface area contributed by atoms with Gasteiger partial charge in [0.1, 0.15) is 5.01 Å². The highest BCUT2D eigenvalue weighted by atomic mass is 32.1. The van der Waals surface area contributed by atoms with Gasteiger partial charge in [-0.3, -0.25) is 0 Å². The van der Waals surface area contributed by atoms with Crippen LogP contribution in [0.25, 0.3) is 10.6 Å². The van der Waals surface area contributed by atoms with Crippen LogP contribution in [0.4, 0.5) is 0 Å². The Kier molecular flexibility index (Phi) is 2.29. The van der Waals surface area contributed by atoms with Crippen LogP contribution in [0, 0.1) is 0 Å². The van der Waals surface area contributed by atoms with Crippen LogP contribution in [0.2, 0.25) is 0 Å². The lowest BCUT2D eigenvalue weighted by molar-refractivity contribution is 0.413. The summed E-state index contributed by atoms with van der Waals surface area (Å²) in [6.45, 7) is 0. The van der Waals surface area contributed by atoms with E-state index in [2.05, 4.69) is 29.6 Å². The van der Waals surface area contributed by atoms with Crippen molar-refractivity contribution in [2.24, 2.45) is 0 Å². The van der Waals surface area contributed by atoms with Gasteiger partial charge in [0.25, 0.3) is 0 Å². The fourth-order valence-electron chi connectivity index (χ4n) is 1.89. The quantitative estimate of drug-likeness (QED) is 0.735. The van der Waals surface area contributed by atoms with Gasteiger partial charge in [-0.15, -0.1) is 11.3 Å². The Hall–Kier alpha value is -1.15. The van der Waals surface area contributed by atoms with Crippen LogP contribution in [0.5, 0.6) is 0 Å². The van der Waals surface area contributed by atoms with Crippen molar-refractivity contribution in [2.75, 3.05) is 0 Å². The third kappa shape index (κ3) is 1.70. The van der Waals surface area contributed by atoms with Crippen LogP contribution < -0.4 is 0 Å². The molecule has 15 heavy (non-hydrogen) atoms. The van der Waals surface area contributed by atoms with E-state index < -0.39 is 0 Å². The Morgan fingerprint density at radius 1 is 1.13 bits per heavy atom. The highest BCUT2D eigenvalue weighted by molar-refractivity contribution is 7.13. The maximum atomic E-state index is 4.72. The standard InChI is InChI=1S/C13H13NS/c1-2-5-11(6-3-1)13-14-12(9-15-13)10-7-4-8-10/h1-3,5-6,9-10H,4,7-8H2. The first-order valence-corrected chi connectivity index (χ1v) is 6.32.